The van der Waals surface area contributed by atoms with E-state index in [9.17, 15) is 4.79 Å². The Morgan fingerprint density at radius 1 is 1.19 bits per heavy atom. The van der Waals surface area contributed by atoms with E-state index in [1.54, 1.807) is 0 Å². The fourth-order valence-corrected chi connectivity index (χ4v) is 3.12. The number of hydrogen-bond acceptors (Lipinski definition) is 2. The molecule has 1 aromatic rings. The summed E-state index contributed by atoms with van der Waals surface area (Å²) in [5, 5.41) is 4.01. The zero-order valence-corrected chi connectivity index (χ0v) is 13.6. The highest BCUT2D eigenvalue weighted by Gasteiger charge is 2.36. The first-order chi connectivity index (χ1) is 9.94. The molecule has 0 aromatic heterocycles. The lowest BCUT2D eigenvalue weighted by atomic mass is 9.76. The Morgan fingerprint density at radius 2 is 1.76 bits per heavy atom. The lowest BCUT2D eigenvalue weighted by Gasteiger charge is -2.39. The average Bonchev–Trinajstić information content (AvgIpc) is 2.47. The first-order valence-corrected chi connectivity index (χ1v) is 8.16. The lowest BCUT2D eigenvalue weighted by Crippen LogP contribution is -2.51. The fraction of sp³-hybridized carbons (Fsp3) is 0.588. The minimum absolute atomic E-state index is 0.0434. The Labute approximate surface area is 132 Å². The van der Waals surface area contributed by atoms with Gasteiger partial charge in [0, 0.05) is 17.0 Å². The zero-order valence-electron chi connectivity index (χ0n) is 12.9. The SMILES string of the molecule is CC(N)C(C)C(=O)NC1(c2ccc(Cl)cc2)CCCCC1. The average molecular weight is 309 g/mol. The second-order valence-corrected chi connectivity index (χ2v) is 6.72. The van der Waals surface area contributed by atoms with Crippen molar-refractivity contribution in [3.63, 3.8) is 0 Å². The van der Waals surface area contributed by atoms with E-state index < -0.39 is 0 Å². The molecule has 1 fully saturated rings. The molecule has 21 heavy (non-hydrogen) atoms. The van der Waals surface area contributed by atoms with Crippen molar-refractivity contribution in [2.75, 3.05) is 0 Å². The molecule has 3 N–H and O–H groups in total. The van der Waals surface area contributed by atoms with Crippen LogP contribution in [0.3, 0.4) is 0 Å². The molecule has 0 bridgehead atoms. The Morgan fingerprint density at radius 3 is 2.29 bits per heavy atom. The fourth-order valence-electron chi connectivity index (χ4n) is 3.00. The molecule has 2 atom stereocenters. The van der Waals surface area contributed by atoms with Crippen LogP contribution in [0.2, 0.25) is 5.02 Å². The minimum Gasteiger partial charge on any atom is -0.346 e. The van der Waals surface area contributed by atoms with Crippen LogP contribution in [-0.4, -0.2) is 11.9 Å². The molecule has 2 rings (SSSR count). The Bertz CT molecular complexity index is 478. The van der Waals surface area contributed by atoms with Crippen molar-refractivity contribution < 1.29 is 4.79 Å². The highest BCUT2D eigenvalue weighted by molar-refractivity contribution is 6.30. The number of nitrogens with two attached hydrogens (primary N) is 1. The molecule has 1 aromatic carbocycles. The summed E-state index contributed by atoms with van der Waals surface area (Å²) in [7, 11) is 0. The lowest BCUT2D eigenvalue weighted by molar-refractivity contribution is -0.127. The van der Waals surface area contributed by atoms with Crippen molar-refractivity contribution in [3.8, 4) is 0 Å². The molecule has 3 nitrogen and oxygen atoms in total. The molecule has 1 aliphatic rings. The normalized spacial score (nSPS) is 20.6. The van der Waals surface area contributed by atoms with Gasteiger partial charge in [0.25, 0.3) is 0 Å². The van der Waals surface area contributed by atoms with Gasteiger partial charge in [-0.1, -0.05) is 49.9 Å². The van der Waals surface area contributed by atoms with E-state index >= 15 is 0 Å². The third-order valence-electron chi connectivity index (χ3n) is 4.67. The van der Waals surface area contributed by atoms with Gasteiger partial charge in [-0.15, -0.1) is 0 Å². The van der Waals surface area contributed by atoms with Crippen molar-refractivity contribution >= 4 is 17.5 Å². The Balaban J connectivity index is 2.25. The summed E-state index contributed by atoms with van der Waals surface area (Å²) >= 11 is 5.99. The van der Waals surface area contributed by atoms with Gasteiger partial charge >= 0.3 is 0 Å². The summed E-state index contributed by atoms with van der Waals surface area (Å²) in [6, 6.07) is 7.72. The zero-order chi connectivity index (χ0) is 15.5. The molecule has 116 valence electrons. The molecule has 4 heteroatoms. The van der Waals surface area contributed by atoms with E-state index in [0.29, 0.717) is 0 Å². The predicted molar refractivity (Wildman–Crippen MR) is 87.2 cm³/mol. The third kappa shape index (κ3) is 3.78. The Kier molecular flexibility index (Phi) is 5.28. The van der Waals surface area contributed by atoms with Gasteiger partial charge in [0.2, 0.25) is 5.91 Å². The molecule has 0 heterocycles. The van der Waals surface area contributed by atoms with Gasteiger partial charge in [-0.05, 0) is 37.5 Å². The molecule has 1 amide bonds. The quantitative estimate of drug-likeness (QED) is 0.893. The van der Waals surface area contributed by atoms with E-state index in [1.165, 1.54) is 6.42 Å². The van der Waals surface area contributed by atoms with Gasteiger partial charge in [0.15, 0.2) is 0 Å². The van der Waals surface area contributed by atoms with E-state index in [4.69, 9.17) is 17.3 Å². The largest absolute Gasteiger partial charge is 0.346 e. The van der Waals surface area contributed by atoms with Crippen LogP contribution in [0.1, 0.15) is 51.5 Å². The minimum atomic E-state index is -0.261. The van der Waals surface area contributed by atoms with Crippen LogP contribution in [0.15, 0.2) is 24.3 Å². The van der Waals surface area contributed by atoms with Crippen LogP contribution in [0.4, 0.5) is 0 Å². The van der Waals surface area contributed by atoms with Gasteiger partial charge in [0.1, 0.15) is 0 Å². The smallest absolute Gasteiger partial charge is 0.225 e. The van der Waals surface area contributed by atoms with Crippen molar-refractivity contribution in [3.05, 3.63) is 34.9 Å². The molecule has 1 saturated carbocycles. The number of benzene rings is 1. The van der Waals surface area contributed by atoms with Crippen molar-refractivity contribution in [2.24, 2.45) is 11.7 Å². The van der Waals surface area contributed by atoms with E-state index in [0.717, 1.165) is 36.3 Å². The van der Waals surface area contributed by atoms with Crippen LogP contribution in [0, 0.1) is 5.92 Å². The monoisotopic (exact) mass is 308 g/mol. The maximum absolute atomic E-state index is 12.5. The number of rotatable bonds is 4. The van der Waals surface area contributed by atoms with Crippen molar-refractivity contribution in [2.45, 2.75) is 57.5 Å². The molecule has 0 radical (unpaired) electrons. The molecular weight excluding hydrogens is 284 g/mol. The maximum atomic E-state index is 12.5. The standard InChI is InChI=1S/C17H25ClN2O/c1-12(13(2)19)16(21)20-17(10-4-3-5-11-17)14-6-8-15(18)9-7-14/h6-9,12-13H,3-5,10-11,19H2,1-2H3,(H,20,21). The summed E-state index contributed by atoms with van der Waals surface area (Å²) in [5.41, 5.74) is 6.75. The second kappa shape index (κ2) is 6.80. The highest BCUT2D eigenvalue weighted by atomic mass is 35.5. The predicted octanol–water partition coefficient (Wildman–Crippen LogP) is 3.60. The van der Waals surface area contributed by atoms with Crippen molar-refractivity contribution in [1.29, 1.82) is 0 Å². The van der Waals surface area contributed by atoms with Gasteiger partial charge in [-0.25, -0.2) is 0 Å². The Hall–Kier alpha value is -1.06. The number of halogens is 1. The van der Waals surface area contributed by atoms with Gasteiger partial charge in [0.05, 0.1) is 5.54 Å². The summed E-state index contributed by atoms with van der Waals surface area (Å²) in [5.74, 6) is -0.141. The van der Waals surface area contributed by atoms with Gasteiger partial charge < -0.3 is 11.1 Å². The number of amides is 1. The topological polar surface area (TPSA) is 55.1 Å². The number of nitrogens with one attached hydrogen (secondary N) is 1. The maximum Gasteiger partial charge on any atom is 0.225 e. The molecule has 1 aliphatic carbocycles. The van der Waals surface area contributed by atoms with Crippen LogP contribution >= 0.6 is 11.6 Å². The molecular formula is C17H25ClN2O. The number of carbonyl (C=O) groups excluding carboxylic acids is 1. The van der Waals surface area contributed by atoms with E-state index in [1.807, 2.05) is 38.1 Å². The second-order valence-electron chi connectivity index (χ2n) is 6.29. The summed E-state index contributed by atoms with van der Waals surface area (Å²) < 4.78 is 0. The van der Waals surface area contributed by atoms with E-state index in [2.05, 4.69) is 5.32 Å². The first-order valence-electron chi connectivity index (χ1n) is 7.78. The first kappa shape index (κ1) is 16.3. The summed E-state index contributed by atoms with van der Waals surface area (Å²) in [6.07, 6.45) is 5.46. The molecule has 0 saturated heterocycles. The van der Waals surface area contributed by atoms with Crippen LogP contribution < -0.4 is 11.1 Å². The summed E-state index contributed by atoms with van der Waals surface area (Å²) in [6.45, 7) is 3.76. The number of carbonyl (C=O) groups is 1. The van der Waals surface area contributed by atoms with Crippen molar-refractivity contribution in [1.82, 2.24) is 5.32 Å². The third-order valence-corrected chi connectivity index (χ3v) is 4.92. The van der Waals surface area contributed by atoms with Crippen LogP contribution in [0.25, 0.3) is 0 Å². The van der Waals surface area contributed by atoms with Crippen LogP contribution in [-0.2, 0) is 10.3 Å². The molecule has 2 unspecified atom stereocenters. The summed E-state index contributed by atoms with van der Waals surface area (Å²) in [4.78, 5) is 12.5. The van der Waals surface area contributed by atoms with Crippen LogP contribution in [0.5, 0.6) is 0 Å². The van der Waals surface area contributed by atoms with Gasteiger partial charge in [-0.2, -0.15) is 0 Å². The van der Waals surface area contributed by atoms with E-state index in [-0.39, 0.29) is 23.4 Å². The highest BCUT2D eigenvalue weighted by Crippen LogP contribution is 2.37. The molecule has 0 spiro atoms. The molecule has 0 aliphatic heterocycles. The number of hydrogen-bond donors (Lipinski definition) is 2. The van der Waals surface area contributed by atoms with Gasteiger partial charge in [-0.3, -0.25) is 4.79 Å².